The Labute approximate surface area is 334 Å². The van der Waals surface area contributed by atoms with Crippen molar-refractivity contribution in [2.75, 3.05) is 0 Å². The maximum Gasteiger partial charge on any atom is 0.314 e. The lowest BCUT2D eigenvalue weighted by atomic mass is 9.49. The van der Waals surface area contributed by atoms with Gasteiger partial charge in [0.15, 0.2) is 11.5 Å². The summed E-state index contributed by atoms with van der Waals surface area (Å²) >= 11 is 0. The van der Waals surface area contributed by atoms with Crippen molar-refractivity contribution in [3.8, 4) is 23.0 Å². The lowest BCUT2D eigenvalue weighted by Crippen LogP contribution is -2.54. The molecular formula is C49H78O6. The molecule has 0 unspecified atom stereocenters. The zero-order chi connectivity index (χ0) is 41.0. The summed E-state index contributed by atoms with van der Waals surface area (Å²) in [5.41, 5.74) is 5.11. The molecule has 310 valence electrons. The first-order chi connectivity index (χ1) is 25.7. The molecule has 0 saturated heterocycles. The molecule has 6 heteroatoms. The van der Waals surface area contributed by atoms with E-state index in [4.69, 9.17) is 4.74 Å². The number of hydrogen-bond acceptors (Lipinski definition) is 5. The fourth-order valence-corrected chi connectivity index (χ4v) is 10.6. The highest BCUT2D eigenvalue weighted by Crippen LogP contribution is 2.61. The Morgan fingerprint density at radius 1 is 0.764 bits per heavy atom. The molecule has 1 heterocycles. The lowest BCUT2D eigenvalue weighted by Gasteiger charge is -2.53. The molecule has 1 fully saturated rings. The van der Waals surface area contributed by atoms with Crippen LogP contribution in [0.1, 0.15) is 197 Å². The van der Waals surface area contributed by atoms with E-state index in [0.29, 0.717) is 23.3 Å². The number of aromatic hydroxyl groups is 3. The molecule has 0 radical (unpaired) electrons. The lowest BCUT2D eigenvalue weighted by molar-refractivity contribution is -0.152. The topological polar surface area (TPSA) is 107 Å². The van der Waals surface area contributed by atoms with E-state index in [1.807, 2.05) is 33.8 Å². The van der Waals surface area contributed by atoms with Crippen molar-refractivity contribution in [2.45, 2.75) is 203 Å². The van der Waals surface area contributed by atoms with Crippen molar-refractivity contribution in [1.82, 2.24) is 0 Å². The highest BCUT2D eigenvalue weighted by Gasteiger charge is 2.58. The molecule has 6 nitrogen and oxygen atoms in total. The highest BCUT2D eigenvalue weighted by atomic mass is 16.5. The van der Waals surface area contributed by atoms with Crippen molar-refractivity contribution < 1.29 is 30.0 Å². The van der Waals surface area contributed by atoms with Crippen LogP contribution in [-0.4, -0.2) is 32.0 Å². The van der Waals surface area contributed by atoms with Crippen LogP contribution in [0, 0.1) is 49.9 Å². The van der Waals surface area contributed by atoms with E-state index in [1.165, 1.54) is 56.9 Å². The van der Waals surface area contributed by atoms with Crippen LogP contribution in [0.3, 0.4) is 0 Å². The van der Waals surface area contributed by atoms with Gasteiger partial charge in [0.05, 0.1) is 5.41 Å². The largest absolute Gasteiger partial charge is 0.507 e. The molecule has 0 bridgehead atoms. The van der Waals surface area contributed by atoms with Gasteiger partial charge >= 0.3 is 5.97 Å². The van der Waals surface area contributed by atoms with Gasteiger partial charge in [0.2, 0.25) is 0 Å². The maximum absolute atomic E-state index is 12.5. The van der Waals surface area contributed by atoms with E-state index < -0.39 is 11.4 Å². The van der Waals surface area contributed by atoms with Gasteiger partial charge in [-0.15, -0.1) is 0 Å². The Balaban J connectivity index is 0.000000252. The summed E-state index contributed by atoms with van der Waals surface area (Å²) in [7, 11) is 0. The predicted octanol–water partition coefficient (Wildman–Crippen LogP) is 13.2. The number of hydrogen-bond donors (Lipinski definition) is 4. The Morgan fingerprint density at radius 2 is 1.36 bits per heavy atom. The van der Waals surface area contributed by atoms with E-state index in [1.54, 1.807) is 0 Å². The van der Waals surface area contributed by atoms with Crippen LogP contribution in [0.2, 0.25) is 0 Å². The van der Waals surface area contributed by atoms with Gasteiger partial charge in [-0.3, -0.25) is 4.79 Å². The van der Waals surface area contributed by atoms with E-state index in [2.05, 4.69) is 55.4 Å². The second-order valence-corrected chi connectivity index (χ2v) is 20.0. The van der Waals surface area contributed by atoms with Crippen LogP contribution >= 0.6 is 0 Å². The number of phenolic OH excluding ortho intramolecular Hbond substituents is 3. The molecule has 1 aliphatic heterocycles. The molecule has 4 N–H and O–H groups in total. The Bertz CT molecular complexity index is 1640. The van der Waals surface area contributed by atoms with Gasteiger partial charge in [0.1, 0.15) is 17.1 Å². The summed E-state index contributed by atoms with van der Waals surface area (Å²) in [5, 5.41) is 41.9. The summed E-state index contributed by atoms with van der Waals surface area (Å²) in [6.45, 7) is 26.1. The van der Waals surface area contributed by atoms with Crippen LogP contribution in [0.15, 0.2) is 6.07 Å². The summed E-state index contributed by atoms with van der Waals surface area (Å²) < 4.78 is 6.60. The first-order valence-electron chi connectivity index (χ1n) is 22.0. The molecule has 2 aliphatic carbocycles. The Morgan fingerprint density at radius 3 is 1.95 bits per heavy atom. The van der Waals surface area contributed by atoms with Crippen molar-refractivity contribution in [1.29, 1.82) is 0 Å². The van der Waals surface area contributed by atoms with E-state index in [-0.39, 0.29) is 34.4 Å². The van der Waals surface area contributed by atoms with Crippen LogP contribution in [-0.2, 0) is 23.1 Å². The van der Waals surface area contributed by atoms with Gasteiger partial charge in [0, 0.05) is 16.7 Å². The summed E-state index contributed by atoms with van der Waals surface area (Å²) in [4.78, 5) is 12.5. The zero-order valence-electron chi connectivity index (χ0n) is 36.9. The fourth-order valence-electron chi connectivity index (χ4n) is 10.6. The smallest absolute Gasteiger partial charge is 0.314 e. The van der Waals surface area contributed by atoms with Gasteiger partial charge in [-0.25, -0.2) is 0 Å². The van der Waals surface area contributed by atoms with Gasteiger partial charge in [-0.1, -0.05) is 113 Å². The molecule has 1 saturated carbocycles. The minimum absolute atomic E-state index is 0.0288. The normalized spacial score (nSPS) is 23.9. The number of aliphatic carboxylic acids is 1. The molecule has 0 aromatic heterocycles. The first kappa shape index (κ1) is 44.8. The predicted molar refractivity (Wildman–Crippen MR) is 227 cm³/mol. The SMILES string of the molecule is CC(C)c1cc2c(c(O)c1O)[C@@]1(C(=O)O)CCCC(C)(C)[C@@H]1CC2.Cc1c(C)c2c(c(C)c1O)CC[C@@](C)(CCC[C@H](C)CCC[C@H](C)CCCC(C)C)O2. The molecule has 0 amide bonds. The molecule has 5 atom stereocenters. The van der Waals surface area contributed by atoms with Crippen molar-refractivity contribution in [3.63, 3.8) is 0 Å². The zero-order valence-corrected chi connectivity index (χ0v) is 36.9. The highest BCUT2D eigenvalue weighted by molar-refractivity contribution is 5.85. The van der Waals surface area contributed by atoms with E-state index >= 15 is 0 Å². The standard InChI is InChI=1S/C29H50O2.C20H28O4/c1-20(2)12-9-13-21(3)14-10-15-22(4)16-11-18-29(8)19-17-26-25(7)27(30)23(5)24(6)28(26)31-29;1-11(2)13-10-12-6-7-14-19(3,4)8-5-9-20(14,18(23)24)15(12)17(22)16(13)21/h20-22,30H,9-19H2,1-8H3;10-11,14,21-22H,5-9H2,1-4H3,(H,23,24)/t21-,22-,29-;14-,20+/m10/s1. The second-order valence-electron chi connectivity index (χ2n) is 20.0. The second kappa shape index (κ2) is 18.1. The average Bonchev–Trinajstić information content (AvgIpc) is 3.10. The average molecular weight is 763 g/mol. The molecule has 2 aromatic rings. The summed E-state index contributed by atoms with van der Waals surface area (Å²) in [6.07, 6.45) is 18.0. The number of aryl methyl sites for hydroxylation is 1. The third kappa shape index (κ3) is 9.81. The fraction of sp³-hybridized carbons (Fsp3) is 0.735. The van der Waals surface area contributed by atoms with Crippen molar-refractivity contribution in [2.24, 2.45) is 29.1 Å². The molecule has 55 heavy (non-hydrogen) atoms. The third-order valence-electron chi connectivity index (χ3n) is 14.3. The number of benzene rings is 2. The molecule has 5 rings (SSSR count). The number of carboxylic acid groups (broad SMARTS) is 1. The monoisotopic (exact) mass is 763 g/mol. The molecule has 0 spiro atoms. The maximum atomic E-state index is 12.5. The van der Waals surface area contributed by atoms with Crippen LogP contribution < -0.4 is 4.74 Å². The summed E-state index contributed by atoms with van der Waals surface area (Å²) in [6, 6.07) is 1.91. The minimum Gasteiger partial charge on any atom is -0.507 e. The quantitative estimate of drug-likeness (QED) is 0.143. The van der Waals surface area contributed by atoms with Crippen molar-refractivity contribution in [3.05, 3.63) is 45.0 Å². The van der Waals surface area contributed by atoms with Gasteiger partial charge in [0.25, 0.3) is 0 Å². The van der Waals surface area contributed by atoms with Crippen molar-refractivity contribution >= 4 is 5.97 Å². The number of rotatable bonds is 14. The summed E-state index contributed by atoms with van der Waals surface area (Å²) in [5.74, 6) is 2.86. The van der Waals surface area contributed by atoms with Gasteiger partial charge in [-0.2, -0.15) is 0 Å². The number of carboxylic acids is 1. The van der Waals surface area contributed by atoms with Gasteiger partial charge in [-0.05, 0) is 136 Å². The van der Waals surface area contributed by atoms with E-state index in [9.17, 15) is 25.2 Å². The number of carbonyl (C=O) groups is 1. The number of ether oxygens (including phenoxy) is 1. The molecule has 3 aliphatic rings. The van der Waals surface area contributed by atoms with Crippen LogP contribution in [0.25, 0.3) is 0 Å². The third-order valence-corrected chi connectivity index (χ3v) is 14.3. The van der Waals surface area contributed by atoms with Crippen LogP contribution in [0.5, 0.6) is 23.0 Å². The first-order valence-corrected chi connectivity index (χ1v) is 22.0. The number of phenols is 3. The Hall–Kier alpha value is -2.89. The van der Waals surface area contributed by atoms with Crippen LogP contribution in [0.4, 0.5) is 0 Å². The van der Waals surface area contributed by atoms with E-state index in [0.717, 1.165) is 90.7 Å². The van der Waals surface area contributed by atoms with Gasteiger partial charge < -0.3 is 25.2 Å². The Kier molecular flexibility index (Phi) is 14.8. The minimum atomic E-state index is -1.09. The number of fused-ring (bicyclic) bond motifs is 4. The molecular weight excluding hydrogens is 685 g/mol. The molecule has 2 aromatic carbocycles.